The minimum absolute atomic E-state index is 0.279. The number of hydrogen-bond donors (Lipinski definition) is 1. The van der Waals surface area contributed by atoms with Gasteiger partial charge in [-0.1, -0.05) is 36.9 Å². The number of amides is 1. The van der Waals surface area contributed by atoms with Gasteiger partial charge in [0.2, 0.25) is 5.13 Å². The number of hydrogen-bond acceptors (Lipinski definition) is 7. The minimum atomic E-state index is -0.279. The van der Waals surface area contributed by atoms with Gasteiger partial charge in [-0.2, -0.15) is 0 Å². The van der Waals surface area contributed by atoms with Crippen molar-refractivity contribution in [3.8, 4) is 11.5 Å². The van der Waals surface area contributed by atoms with E-state index in [-0.39, 0.29) is 5.91 Å². The van der Waals surface area contributed by atoms with Crippen LogP contribution in [0.4, 0.5) is 5.13 Å². The lowest BCUT2D eigenvalue weighted by molar-refractivity contribution is 0.102. The number of thioether (sulfide) groups is 1. The lowest BCUT2D eigenvalue weighted by Crippen LogP contribution is -2.12. The highest BCUT2D eigenvalue weighted by Gasteiger charge is 2.14. The topological polar surface area (TPSA) is 73.3 Å². The molecule has 124 valence electrons. The Labute approximate surface area is 143 Å². The van der Waals surface area contributed by atoms with Crippen molar-refractivity contribution in [2.45, 2.75) is 29.9 Å². The Balaban J connectivity index is 2.10. The van der Waals surface area contributed by atoms with Gasteiger partial charge in [-0.05, 0) is 18.6 Å². The molecular formula is C15H19N3O3S2. The lowest BCUT2D eigenvalue weighted by atomic mass is 10.2. The fourth-order valence-electron chi connectivity index (χ4n) is 1.67. The van der Waals surface area contributed by atoms with E-state index in [1.165, 1.54) is 11.3 Å². The first-order valence-corrected chi connectivity index (χ1v) is 8.80. The number of ether oxygens (including phenoxy) is 2. The molecule has 1 unspecified atom stereocenters. The Hall–Kier alpha value is -1.80. The zero-order chi connectivity index (χ0) is 16.8. The zero-order valence-corrected chi connectivity index (χ0v) is 15.1. The number of carbonyl (C=O) groups excluding carboxylic acids is 1. The van der Waals surface area contributed by atoms with Crippen LogP contribution in [-0.4, -0.2) is 35.6 Å². The molecule has 6 nitrogen and oxygen atoms in total. The summed E-state index contributed by atoms with van der Waals surface area (Å²) in [7, 11) is 3.08. The van der Waals surface area contributed by atoms with Gasteiger partial charge in [0.05, 0.1) is 14.2 Å². The van der Waals surface area contributed by atoms with Crippen LogP contribution in [0.3, 0.4) is 0 Å². The second kappa shape index (κ2) is 8.16. The van der Waals surface area contributed by atoms with Crippen LogP contribution in [0, 0.1) is 0 Å². The van der Waals surface area contributed by atoms with Crippen molar-refractivity contribution >= 4 is 34.1 Å². The predicted octanol–water partition coefficient (Wildman–Crippen LogP) is 3.70. The summed E-state index contributed by atoms with van der Waals surface area (Å²) < 4.78 is 11.2. The van der Waals surface area contributed by atoms with Crippen LogP contribution in [0.25, 0.3) is 0 Å². The molecule has 0 fully saturated rings. The Morgan fingerprint density at radius 2 is 1.91 bits per heavy atom. The number of anilines is 1. The van der Waals surface area contributed by atoms with Crippen molar-refractivity contribution in [2.75, 3.05) is 19.5 Å². The third-order valence-corrected chi connectivity index (χ3v) is 5.31. The second-order valence-electron chi connectivity index (χ2n) is 4.77. The van der Waals surface area contributed by atoms with Gasteiger partial charge in [0.15, 0.2) is 4.34 Å². The number of benzene rings is 1. The molecule has 0 radical (unpaired) electrons. The average molecular weight is 353 g/mol. The summed E-state index contributed by atoms with van der Waals surface area (Å²) in [6.07, 6.45) is 1.05. The molecule has 1 atom stereocenters. The normalized spacial score (nSPS) is 11.8. The molecule has 0 aliphatic carbocycles. The van der Waals surface area contributed by atoms with Crippen molar-refractivity contribution < 1.29 is 14.3 Å². The third-order valence-electron chi connectivity index (χ3n) is 3.12. The maximum Gasteiger partial charge on any atom is 0.257 e. The highest BCUT2D eigenvalue weighted by molar-refractivity contribution is 8.01. The Morgan fingerprint density at radius 1 is 1.26 bits per heavy atom. The monoisotopic (exact) mass is 353 g/mol. The average Bonchev–Trinajstić information content (AvgIpc) is 3.00. The summed E-state index contributed by atoms with van der Waals surface area (Å²) in [5.41, 5.74) is 0.438. The van der Waals surface area contributed by atoms with Crippen LogP contribution >= 0.6 is 23.1 Å². The van der Waals surface area contributed by atoms with Gasteiger partial charge in [-0.15, -0.1) is 10.2 Å². The first-order valence-electron chi connectivity index (χ1n) is 7.10. The number of carbonyl (C=O) groups is 1. The van der Waals surface area contributed by atoms with Crippen LogP contribution in [0.1, 0.15) is 30.6 Å². The summed E-state index contributed by atoms with van der Waals surface area (Å²) >= 11 is 3.02. The third kappa shape index (κ3) is 4.84. The number of methoxy groups -OCH3 is 2. The van der Waals surface area contributed by atoms with Crippen LogP contribution < -0.4 is 14.8 Å². The van der Waals surface area contributed by atoms with E-state index in [1.807, 2.05) is 0 Å². The Morgan fingerprint density at radius 3 is 2.48 bits per heavy atom. The van der Waals surface area contributed by atoms with Crippen LogP contribution in [0.15, 0.2) is 22.5 Å². The van der Waals surface area contributed by atoms with Gasteiger partial charge in [0.25, 0.3) is 5.91 Å². The first kappa shape index (κ1) is 17.6. The van der Waals surface area contributed by atoms with E-state index in [9.17, 15) is 4.79 Å². The number of nitrogens with zero attached hydrogens (tertiary/aromatic N) is 2. The maximum atomic E-state index is 12.3. The van der Waals surface area contributed by atoms with Crippen molar-refractivity contribution in [2.24, 2.45) is 0 Å². The van der Waals surface area contributed by atoms with E-state index in [1.54, 1.807) is 44.2 Å². The molecule has 0 aliphatic rings. The fraction of sp³-hybridized carbons (Fsp3) is 0.400. The van der Waals surface area contributed by atoms with E-state index >= 15 is 0 Å². The lowest BCUT2D eigenvalue weighted by Gasteiger charge is -2.07. The molecule has 23 heavy (non-hydrogen) atoms. The molecule has 0 saturated carbocycles. The minimum Gasteiger partial charge on any atom is -0.497 e. The van der Waals surface area contributed by atoms with E-state index in [0.717, 1.165) is 10.8 Å². The largest absolute Gasteiger partial charge is 0.497 e. The molecule has 2 rings (SSSR count). The molecule has 2 aromatic rings. The standard InChI is InChI=1S/C15H19N3O3S2/c1-5-9(2)22-15-18-17-14(23-15)16-13(19)10-6-11(20-3)8-12(7-10)21-4/h6-9H,5H2,1-4H3,(H,16,17,19). The highest BCUT2D eigenvalue weighted by Crippen LogP contribution is 2.30. The smallest absolute Gasteiger partial charge is 0.257 e. The predicted molar refractivity (Wildman–Crippen MR) is 93.0 cm³/mol. The molecule has 1 aromatic heterocycles. The summed E-state index contributed by atoms with van der Waals surface area (Å²) in [6.45, 7) is 4.25. The van der Waals surface area contributed by atoms with E-state index in [0.29, 0.717) is 27.4 Å². The molecule has 1 heterocycles. The van der Waals surface area contributed by atoms with Crippen molar-refractivity contribution in [3.05, 3.63) is 23.8 Å². The van der Waals surface area contributed by atoms with E-state index < -0.39 is 0 Å². The second-order valence-corrected chi connectivity index (χ2v) is 7.43. The summed E-state index contributed by atoms with van der Waals surface area (Å²) in [5, 5.41) is 11.8. The number of nitrogens with one attached hydrogen (secondary N) is 1. The molecule has 0 bridgehead atoms. The first-order chi connectivity index (χ1) is 11.0. The fourth-order valence-corrected chi connectivity index (χ4v) is 3.66. The zero-order valence-electron chi connectivity index (χ0n) is 13.5. The number of rotatable bonds is 7. The van der Waals surface area contributed by atoms with E-state index in [4.69, 9.17) is 9.47 Å². The highest BCUT2D eigenvalue weighted by atomic mass is 32.2. The molecule has 0 aliphatic heterocycles. The summed E-state index contributed by atoms with van der Waals surface area (Å²) in [5.74, 6) is 0.831. The molecule has 1 N–H and O–H groups in total. The van der Waals surface area contributed by atoms with Gasteiger partial charge in [0, 0.05) is 16.9 Å². The maximum absolute atomic E-state index is 12.3. The molecule has 8 heteroatoms. The molecular weight excluding hydrogens is 334 g/mol. The van der Waals surface area contributed by atoms with Gasteiger partial charge in [-0.3, -0.25) is 10.1 Å². The quantitative estimate of drug-likeness (QED) is 0.604. The van der Waals surface area contributed by atoms with Crippen molar-refractivity contribution in [1.29, 1.82) is 0 Å². The number of aromatic nitrogens is 2. The molecule has 1 amide bonds. The van der Waals surface area contributed by atoms with Gasteiger partial charge in [0.1, 0.15) is 11.5 Å². The van der Waals surface area contributed by atoms with Gasteiger partial charge >= 0.3 is 0 Å². The van der Waals surface area contributed by atoms with Crippen molar-refractivity contribution in [1.82, 2.24) is 10.2 Å². The Bertz CT molecular complexity index is 653. The molecule has 1 aromatic carbocycles. The van der Waals surface area contributed by atoms with Crippen LogP contribution in [0.2, 0.25) is 0 Å². The van der Waals surface area contributed by atoms with Crippen LogP contribution in [-0.2, 0) is 0 Å². The summed E-state index contributed by atoms with van der Waals surface area (Å²) in [4.78, 5) is 12.3. The van der Waals surface area contributed by atoms with Crippen molar-refractivity contribution in [3.63, 3.8) is 0 Å². The van der Waals surface area contributed by atoms with Gasteiger partial charge < -0.3 is 9.47 Å². The van der Waals surface area contributed by atoms with Gasteiger partial charge in [-0.25, -0.2) is 0 Å². The molecule has 0 saturated heterocycles. The molecule has 0 spiro atoms. The SMILES string of the molecule is CCC(C)Sc1nnc(NC(=O)c2cc(OC)cc(OC)c2)s1. The van der Waals surface area contributed by atoms with Crippen LogP contribution in [0.5, 0.6) is 11.5 Å². The Kier molecular flexibility index (Phi) is 6.23. The summed E-state index contributed by atoms with van der Waals surface area (Å²) in [6, 6.07) is 5.00. The van der Waals surface area contributed by atoms with E-state index in [2.05, 4.69) is 29.4 Å².